The van der Waals surface area contributed by atoms with Crippen molar-refractivity contribution in [2.24, 2.45) is 5.92 Å². The highest BCUT2D eigenvalue weighted by Crippen LogP contribution is 2.46. The minimum Gasteiger partial charge on any atom is -0.456 e. The van der Waals surface area contributed by atoms with Crippen LogP contribution in [0.25, 0.3) is 0 Å². The minimum atomic E-state index is -0.545. The molecule has 2 aromatic rings. The van der Waals surface area contributed by atoms with Crippen molar-refractivity contribution in [1.29, 1.82) is 5.26 Å². The molecule has 7 heteroatoms. The maximum Gasteiger partial charge on any atom is 0.293 e. The quantitative estimate of drug-likeness (QED) is 0.547. The molecule has 1 N–H and O–H groups in total. The number of pyridine rings is 1. The van der Waals surface area contributed by atoms with Gasteiger partial charge in [-0.1, -0.05) is 19.9 Å². The summed E-state index contributed by atoms with van der Waals surface area (Å²) in [5, 5.41) is 12.6. The number of rotatable bonds is 9. The highest BCUT2D eigenvalue weighted by molar-refractivity contribution is 5.76. The number of nitrogens with zero attached hydrogens (tertiary/aromatic N) is 3. The van der Waals surface area contributed by atoms with Crippen molar-refractivity contribution in [1.82, 2.24) is 4.98 Å². The first-order valence-electron chi connectivity index (χ1n) is 11.8. The Hall–Kier alpha value is -3.11. The maximum absolute atomic E-state index is 11.2. The monoisotopic (exact) mass is 448 g/mol. The normalized spacial score (nSPS) is 17.6. The molecule has 0 atom stereocenters. The molecule has 1 aromatic carbocycles. The predicted octanol–water partition coefficient (Wildman–Crippen LogP) is 4.89. The molecular weight excluding hydrogens is 416 g/mol. The number of nitriles is 1. The Bertz CT molecular complexity index is 990. The van der Waals surface area contributed by atoms with Crippen LogP contribution in [0, 0.1) is 17.2 Å². The average molecular weight is 449 g/mol. The van der Waals surface area contributed by atoms with Gasteiger partial charge in [-0.2, -0.15) is 5.26 Å². The van der Waals surface area contributed by atoms with Crippen LogP contribution in [0.2, 0.25) is 0 Å². The summed E-state index contributed by atoms with van der Waals surface area (Å²) in [6.45, 7) is 7.50. The summed E-state index contributed by atoms with van der Waals surface area (Å²) in [5.41, 5.74) is 3.00. The molecule has 2 aliphatic rings. The van der Waals surface area contributed by atoms with Gasteiger partial charge in [-0.3, -0.25) is 4.79 Å². The van der Waals surface area contributed by atoms with Gasteiger partial charge in [-0.05, 0) is 67.9 Å². The number of carbonyl (C=O) groups excluding carboxylic acids is 1. The van der Waals surface area contributed by atoms with Crippen molar-refractivity contribution in [2.75, 3.05) is 30.0 Å². The Morgan fingerprint density at radius 1 is 1.30 bits per heavy atom. The van der Waals surface area contributed by atoms with Gasteiger partial charge >= 0.3 is 0 Å². The molecule has 2 fully saturated rings. The molecule has 0 radical (unpaired) electrons. The van der Waals surface area contributed by atoms with Gasteiger partial charge in [0.2, 0.25) is 0 Å². The third-order valence-corrected chi connectivity index (χ3v) is 6.62. The van der Waals surface area contributed by atoms with E-state index in [0.29, 0.717) is 29.8 Å². The smallest absolute Gasteiger partial charge is 0.293 e. The minimum absolute atomic E-state index is 0.394. The van der Waals surface area contributed by atoms with Crippen LogP contribution < -0.4 is 10.2 Å². The molecule has 0 bridgehead atoms. The van der Waals surface area contributed by atoms with Crippen LogP contribution in [0.5, 0.6) is 0 Å². The van der Waals surface area contributed by atoms with E-state index >= 15 is 0 Å². The van der Waals surface area contributed by atoms with E-state index in [1.54, 1.807) is 12.3 Å². The van der Waals surface area contributed by atoms with Crippen LogP contribution in [0.3, 0.4) is 0 Å². The Kier molecular flexibility index (Phi) is 7.14. The molecule has 1 saturated carbocycles. The summed E-state index contributed by atoms with van der Waals surface area (Å²) in [4.78, 5) is 18.1. The molecule has 7 nitrogen and oxygen atoms in total. The van der Waals surface area contributed by atoms with Gasteiger partial charge in [0, 0.05) is 32.0 Å². The number of nitrogens with one attached hydrogen (secondary N) is 1. The maximum atomic E-state index is 11.2. The molecule has 1 aliphatic heterocycles. The molecule has 1 saturated heterocycles. The van der Waals surface area contributed by atoms with Gasteiger partial charge in [0.1, 0.15) is 17.5 Å². The predicted molar refractivity (Wildman–Crippen MR) is 127 cm³/mol. The van der Waals surface area contributed by atoms with Gasteiger partial charge in [0.25, 0.3) is 6.47 Å². The van der Waals surface area contributed by atoms with E-state index in [-0.39, 0.29) is 0 Å². The van der Waals surface area contributed by atoms with E-state index in [4.69, 9.17) is 14.7 Å². The van der Waals surface area contributed by atoms with Crippen LogP contribution in [0.15, 0.2) is 36.5 Å². The zero-order chi connectivity index (χ0) is 23.3. The van der Waals surface area contributed by atoms with Gasteiger partial charge in [0.15, 0.2) is 0 Å². The fraction of sp³-hybridized carbons (Fsp3) is 0.500. The molecule has 1 aliphatic carbocycles. The van der Waals surface area contributed by atoms with Gasteiger partial charge in [-0.15, -0.1) is 0 Å². The Labute approximate surface area is 195 Å². The van der Waals surface area contributed by atoms with Crippen molar-refractivity contribution < 1.29 is 14.3 Å². The highest BCUT2D eigenvalue weighted by atomic mass is 16.5. The zero-order valence-electron chi connectivity index (χ0n) is 19.4. The molecule has 0 unspecified atom stereocenters. The van der Waals surface area contributed by atoms with Gasteiger partial charge in [-0.25, -0.2) is 4.98 Å². The van der Waals surface area contributed by atoms with E-state index in [1.165, 1.54) is 0 Å². The molecule has 0 spiro atoms. The van der Waals surface area contributed by atoms with Gasteiger partial charge < -0.3 is 19.7 Å². The van der Waals surface area contributed by atoms with Crippen LogP contribution in [0.4, 0.5) is 17.2 Å². The zero-order valence-corrected chi connectivity index (χ0v) is 19.4. The lowest BCUT2D eigenvalue weighted by Gasteiger charge is -2.42. The molecule has 1 aromatic heterocycles. The highest BCUT2D eigenvalue weighted by Gasteiger charge is 2.41. The number of benzene rings is 1. The van der Waals surface area contributed by atoms with Gasteiger partial charge in [0.05, 0.1) is 16.9 Å². The van der Waals surface area contributed by atoms with Crippen LogP contribution in [0.1, 0.15) is 57.1 Å². The fourth-order valence-electron chi connectivity index (χ4n) is 4.74. The lowest BCUT2D eigenvalue weighted by molar-refractivity contribution is -0.155. The summed E-state index contributed by atoms with van der Waals surface area (Å²) in [5.74, 6) is 1.16. The largest absolute Gasteiger partial charge is 0.456 e. The SMILES string of the molecule is CC(C)CN(c1ccc(C2(OC=O)CCC2)cc1Nc1ccc(C#N)cn1)C1CCOCC1. The first-order valence-corrected chi connectivity index (χ1v) is 11.8. The molecule has 4 rings (SSSR count). The summed E-state index contributed by atoms with van der Waals surface area (Å²) in [6, 6.07) is 12.4. The van der Waals surface area contributed by atoms with Crippen molar-refractivity contribution in [3.05, 3.63) is 47.7 Å². The number of anilines is 3. The topological polar surface area (TPSA) is 87.5 Å². The van der Waals surface area contributed by atoms with Crippen molar-refractivity contribution >= 4 is 23.7 Å². The Balaban J connectivity index is 1.74. The van der Waals surface area contributed by atoms with E-state index in [0.717, 1.165) is 68.8 Å². The Morgan fingerprint density at radius 2 is 2.09 bits per heavy atom. The van der Waals surface area contributed by atoms with Crippen LogP contribution in [-0.4, -0.2) is 37.3 Å². The number of hydrogen-bond acceptors (Lipinski definition) is 7. The standard InChI is InChI=1S/C26H32N4O3/c1-19(2)17-30(22-8-12-32-13-9-22)24-6-5-21(26(33-18-31)10-3-11-26)14-23(24)29-25-7-4-20(15-27)16-28-25/h4-7,14,16,18-19,22H,3,8-13,17H2,1-2H3,(H,28,29). The Morgan fingerprint density at radius 3 is 2.67 bits per heavy atom. The van der Waals surface area contributed by atoms with Crippen LogP contribution >= 0.6 is 0 Å². The number of ether oxygens (including phenoxy) is 2. The second-order valence-corrected chi connectivity index (χ2v) is 9.35. The average Bonchev–Trinajstić information content (AvgIpc) is 2.81. The first-order chi connectivity index (χ1) is 16.0. The molecule has 0 amide bonds. The lowest BCUT2D eigenvalue weighted by Crippen LogP contribution is -2.42. The third kappa shape index (κ3) is 5.12. The third-order valence-electron chi connectivity index (χ3n) is 6.62. The lowest BCUT2D eigenvalue weighted by atomic mass is 9.74. The number of aromatic nitrogens is 1. The van der Waals surface area contributed by atoms with Crippen molar-refractivity contribution in [3.63, 3.8) is 0 Å². The van der Waals surface area contributed by atoms with E-state index in [1.807, 2.05) is 6.07 Å². The van der Waals surface area contributed by atoms with Crippen molar-refractivity contribution in [2.45, 2.75) is 57.6 Å². The molecule has 33 heavy (non-hydrogen) atoms. The second kappa shape index (κ2) is 10.2. The fourth-order valence-corrected chi connectivity index (χ4v) is 4.74. The van der Waals surface area contributed by atoms with Crippen LogP contribution in [-0.2, 0) is 19.9 Å². The molecular formula is C26H32N4O3. The molecule has 2 heterocycles. The first kappa shape index (κ1) is 23.1. The van der Waals surface area contributed by atoms with E-state index in [2.05, 4.69) is 53.3 Å². The summed E-state index contributed by atoms with van der Waals surface area (Å²) < 4.78 is 11.2. The summed E-state index contributed by atoms with van der Waals surface area (Å²) >= 11 is 0. The summed E-state index contributed by atoms with van der Waals surface area (Å²) in [7, 11) is 0. The van der Waals surface area contributed by atoms with Crippen molar-refractivity contribution in [3.8, 4) is 6.07 Å². The molecule has 174 valence electrons. The van der Waals surface area contributed by atoms with E-state index in [9.17, 15) is 4.79 Å². The number of hydrogen-bond donors (Lipinski definition) is 1. The van der Waals surface area contributed by atoms with E-state index < -0.39 is 5.60 Å². The number of carbonyl (C=O) groups is 1. The second-order valence-electron chi connectivity index (χ2n) is 9.35. The summed E-state index contributed by atoms with van der Waals surface area (Å²) in [6.07, 6.45) is 6.24.